The molecule has 1 N–H and O–H groups in total. The third-order valence-corrected chi connectivity index (χ3v) is 4.57. The molecule has 2 unspecified atom stereocenters. The van der Waals surface area contributed by atoms with E-state index in [9.17, 15) is 0 Å². The van der Waals surface area contributed by atoms with Gasteiger partial charge in [-0.05, 0) is 30.3 Å². The summed E-state index contributed by atoms with van der Waals surface area (Å²) in [5.74, 6) is 0.524. The zero-order valence-corrected chi connectivity index (χ0v) is 13.1. The Balaban J connectivity index is 1.72. The highest BCUT2D eigenvalue weighted by Crippen LogP contribution is 2.29. The first kappa shape index (κ1) is 14.6. The Labute approximate surface area is 131 Å². The summed E-state index contributed by atoms with van der Waals surface area (Å²) >= 11 is 6.00. The number of nitrogens with zero attached hydrogens (tertiary/aromatic N) is 1. The fourth-order valence-electron chi connectivity index (χ4n) is 3.20. The second kappa shape index (κ2) is 6.61. The molecule has 2 aromatic carbocycles. The average molecular weight is 301 g/mol. The summed E-state index contributed by atoms with van der Waals surface area (Å²) < 4.78 is 0. The molecule has 0 spiro atoms. The van der Waals surface area contributed by atoms with Crippen LogP contribution in [-0.4, -0.2) is 31.1 Å². The number of benzene rings is 2. The molecule has 2 atom stereocenters. The molecule has 2 aromatic rings. The van der Waals surface area contributed by atoms with Crippen LogP contribution >= 0.6 is 11.6 Å². The van der Waals surface area contributed by atoms with Crippen LogP contribution in [0.15, 0.2) is 54.6 Å². The number of halogens is 1. The van der Waals surface area contributed by atoms with E-state index in [2.05, 4.69) is 59.7 Å². The molecule has 1 heterocycles. The van der Waals surface area contributed by atoms with Crippen molar-refractivity contribution in [1.29, 1.82) is 0 Å². The molecule has 21 heavy (non-hydrogen) atoms. The topological polar surface area (TPSA) is 15.3 Å². The van der Waals surface area contributed by atoms with Crippen LogP contribution < -0.4 is 5.32 Å². The third-order valence-electron chi connectivity index (χ3n) is 4.31. The van der Waals surface area contributed by atoms with Crippen LogP contribution in [0.1, 0.15) is 17.0 Å². The van der Waals surface area contributed by atoms with Crippen molar-refractivity contribution in [3.05, 3.63) is 70.7 Å². The fraction of sp³-hybridized carbons (Fsp3) is 0.333. The number of likely N-dealkylation sites (tertiary alicyclic amines) is 1. The van der Waals surface area contributed by atoms with Gasteiger partial charge in [0, 0.05) is 36.6 Å². The molecule has 0 bridgehead atoms. The summed E-state index contributed by atoms with van der Waals surface area (Å²) in [6.07, 6.45) is 0. The SMILES string of the molecule is CNC1CN(Cc2ccccc2)CC1c1ccc(Cl)cc1. The molecule has 2 nitrogen and oxygen atoms in total. The first-order chi connectivity index (χ1) is 10.3. The minimum absolute atomic E-state index is 0.495. The Morgan fingerprint density at radius 2 is 1.76 bits per heavy atom. The Morgan fingerprint density at radius 1 is 1.05 bits per heavy atom. The standard InChI is InChI=1S/C18H21ClN2/c1-20-18-13-21(11-14-5-3-2-4-6-14)12-17(18)15-7-9-16(19)10-8-15/h2-10,17-18,20H,11-13H2,1H3. The lowest BCUT2D eigenvalue weighted by Crippen LogP contribution is -2.32. The lowest BCUT2D eigenvalue weighted by atomic mass is 9.94. The van der Waals surface area contributed by atoms with E-state index in [0.29, 0.717) is 12.0 Å². The van der Waals surface area contributed by atoms with Crippen molar-refractivity contribution in [1.82, 2.24) is 10.2 Å². The van der Waals surface area contributed by atoms with Gasteiger partial charge in [-0.25, -0.2) is 0 Å². The smallest absolute Gasteiger partial charge is 0.0406 e. The van der Waals surface area contributed by atoms with Gasteiger partial charge in [0.2, 0.25) is 0 Å². The highest BCUT2D eigenvalue weighted by atomic mass is 35.5. The minimum atomic E-state index is 0.495. The molecule has 3 heteroatoms. The maximum atomic E-state index is 6.00. The van der Waals surface area contributed by atoms with E-state index < -0.39 is 0 Å². The maximum Gasteiger partial charge on any atom is 0.0406 e. The fourth-order valence-corrected chi connectivity index (χ4v) is 3.32. The molecule has 1 aliphatic heterocycles. The van der Waals surface area contributed by atoms with Gasteiger partial charge in [-0.3, -0.25) is 4.90 Å². The monoisotopic (exact) mass is 300 g/mol. The van der Waals surface area contributed by atoms with E-state index in [0.717, 1.165) is 24.7 Å². The molecular weight excluding hydrogens is 280 g/mol. The van der Waals surface area contributed by atoms with Crippen molar-refractivity contribution in [2.24, 2.45) is 0 Å². The van der Waals surface area contributed by atoms with E-state index in [-0.39, 0.29) is 0 Å². The van der Waals surface area contributed by atoms with Crippen molar-refractivity contribution < 1.29 is 0 Å². The Kier molecular flexibility index (Phi) is 4.59. The maximum absolute atomic E-state index is 6.00. The number of nitrogens with one attached hydrogen (secondary N) is 1. The summed E-state index contributed by atoms with van der Waals surface area (Å²) in [7, 11) is 2.06. The molecule has 1 aliphatic rings. The van der Waals surface area contributed by atoms with Gasteiger partial charge in [-0.15, -0.1) is 0 Å². The van der Waals surface area contributed by atoms with Crippen molar-refractivity contribution in [2.75, 3.05) is 20.1 Å². The van der Waals surface area contributed by atoms with E-state index in [1.165, 1.54) is 11.1 Å². The lowest BCUT2D eigenvalue weighted by Gasteiger charge is -2.18. The normalized spacial score (nSPS) is 22.6. The van der Waals surface area contributed by atoms with Crippen molar-refractivity contribution >= 4 is 11.6 Å². The quantitative estimate of drug-likeness (QED) is 0.929. The Hall–Kier alpha value is -1.35. The summed E-state index contributed by atoms with van der Waals surface area (Å²) in [6, 6.07) is 19.5. The van der Waals surface area contributed by atoms with Gasteiger partial charge in [0.05, 0.1) is 0 Å². The van der Waals surface area contributed by atoms with Crippen LogP contribution in [0.25, 0.3) is 0 Å². The first-order valence-corrected chi connectivity index (χ1v) is 7.83. The highest BCUT2D eigenvalue weighted by molar-refractivity contribution is 6.30. The second-order valence-corrected chi connectivity index (χ2v) is 6.17. The van der Waals surface area contributed by atoms with Gasteiger partial charge in [-0.2, -0.15) is 0 Å². The van der Waals surface area contributed by atoms with Gasteiger partial charge < -0.3 is 5.32 Å². The van der Waals surface area contributed by atoms with Gasteiger partial charge in [0.1, 0.15) is 0 Å². The Morgan fingerprint density at radius 3 is 2.43 bits per heavy atom. The number of hydrogen-bond acceptors (Lipinski definition) is 2. The predicted octanol–water partition coefficient (Wildman–Crippen LogP) is 3.53. The minimum Gasteiger partial charge on any atom is -0.315 e. The van der Waals surface area contributed by atoms with Gasteiger partial charge in [0.25, 0.3) is 0 Å². The molecule has 0 saturated carbocycles. The van der Waals surface area contributed by atoms with E-state index in [1.807, 2.05) is 12.1 Å². The molecule has 1 saturated heterocycles. The molecule has 0 radical (unpaired) electrons. The summed E-state index contributed by atoms with van der Waals surface area (Å²) in [4.78, 5) is 2.52. The average Bonchev–Trinajstić information content (AvgIpc) is 2.92. The van der Waals surface area contributed by atoms with E-state index in [4.69, 9.17) is 11.6 Å². The van der Waals surface area contributed by atoms with Gasteiger partial charge in [-0.1, -0.05) is 54.1 Å². The summed E-state index contributed by atoms with van der Waals surface area (Å²) in [5.41, 5.74) is 2.75. The van der Waals surface area contributed by atoms with Crippen molar-refractivity contribution in [2.45, 2.75) is 18.5 Å². The zero-order valence-electron chi connectivity index (χ0n) is 12.3. The lowest BCUT2D eigenvalue weighted by molar-refractivity contribution is 0.320. The van der Waals surface area contributed by atoms with E-state index >= 15 is 0 Å². The molecule has 0 aliphatic carbocycles. The van der Waals surface area contributed by atoms with E-state index in [1.54, 1.807) is 0 Å². The summed E-state index contributed by atoms with van der Waals surface area (Å²) in [6.45, 7) is 3.18. The molecule has 0 aromatic heterocycles. The molecule has 110 valence electrons. The zero-order chi connectivity index (χ0) is 14.7. The van der Waals surface area contributed by atoms with Crippen LogP contribution in [0.3, 0.4) is 0 Å². The van der Waals surface area contributed by atoms with Crippen LogP contribution in [0.2, 0.25) is 5.02 Å². The van der Waals surface area contributed by atoms with Crippen LogP contribution in [0.5, 0.6) is 0 Å². The van der Waals surface area contributed by atoms with Crippen LogP contribution in [0.4, 0.5) is 0 Å². The third kappa shape index (κ3) is 3.46. The van der Waals surface area contributed by atoms with Crippen LogP contribution in [0, 0.1) is 0 Å². The number of rotatable bonds is 4. The molecule has 1 fully saturated rings. The Bertz CT molecular complexity index is 568. The van der Waals surface area contributed by atoms with Gasteiger partial charge >= 0.3 is 0 Å². The first-order valence-electron chi connectivity index (χ1n) is 7.45. The molecule has 0 amide bonds. The van der Waals surface area contributed by atoms with Crippen LogP contribution in [-0.2, 0) is 6.54 Å². The van der Waals surface area contributed by atoms with Gasteiger partial charge in [0.15, 0.2) is 0 Å². The van der Waals surface area contributed by atoms with Crippen molar-refractivity contribution in [3.8, 4) is 0 Å². The number of likely N-dealkylation sites (N-methyl/N-ethyl adjacent to an activating group) is 1. The van der Waals surface area contributed by atoms with Crippen molar-refractivity contribution in [3.63, 3.8) is 0 Å². The second-order valence-electron chi connectivity index (χ2n) is 5.73. The number of hydrogen-bond donors (Lipinski definition) is 1. The molecule has 3 rings (SSSR count). The largest absolute Gasteiger partial charge is 0.315 e. The summed E-state index contributed by atoms with van der Waals surface area (Å²) in [5, 5.41) is 4.27. The highest BCUT2D eigenvalue weighted by Gasteiger charge is 2.32. The molecular formula is C18H21ClN2. The predicted molar refractivity (Wildman–Crippen MR) is 88.8 cm³/mol.